The van der Waals surface area contributed by atoms with E-state index in [9.17, 15) is 0 Å². The molecule has 0 unspecified atom stereocenters. The summed E-state index contributed by atoms with van der Waals surface area (Å²) in [5, 5.41) is 0. The number of benzene rings is 1. The van der Waals surface area contributed by atoms with E-state index < -0.39 is 0 Å². The number of rotatable bonds is 22. The molecular weight excluding hydrogens is 376 g/mol. The maximum Gasteiger partial charge on any atom is 0.134 e. The van der Waals surface area contributed by atoms with Gasteiger partial charge in [0.25, 0.3) is 0 Å². The van der Waals surface area contributed by atoms with Crippen molar-refractivity contribution in [1.82, 2.24) is 0 Å². The summed E-state index contributed by atoms with van der Waals surface area (Å²) in [5.74, 6) is 0. The summed E-state index contributed by atoms with van der Waals surface area (Å²) in [6, 6.07) is 4.59. The molecule has 2 bridgehead atoms. The van der Waals surface area contributed by atoms with Crippen LogP contribution in [0.1, 0.15) is 153 Å². The van der Waals surface area contributed by atoms with Crippen molar-refractivity contribution in [2.75, 3.05) is 0 Å². The third kappa shape index (κ3) is 11.4. The minimum Gasteiger partial charge on any atom is -0.457 e. The highest BCUT2D eigenvalue weighted by atomic mass is 16.3. The van der Waals surface area contributed by atoms with Gasteiger partial charge in [-0.25, -0.2) is 0 Å². The van der Waals surface area contributed by atoms with Gasteiger partial charge in [-0.1, -0.05) is 129 Å². The SMILES string of the molecule is CCCCCCCCCCCCc1cc2cc(CCCCCCCCCCCC)c1o2. The largest absolute Gasteiger partial charge is 0.457 e. The maximum absolute atomic E-state index is 6.03. The molecule has 0 amide bonds. The van der Waals surface area contributed by atoms with Crippen molar-refractivity contribution in [1.29, 1.82) is 0 Å². The molecule has 0 aliphatic heterocycles. The predicted molar refractivity (Wildman–Crippen MR) is 138 cm³/mol. The molecule has 2 aromatic rings. The number of hydrogen-bond acceptors (Lipinski definition) is 1. The van der Waals surface area contributed by atoms with E-state index in [4.69, 9.17) is 4.42 Å². The molecule has 2 rings (SSSR count). The molecule has 0 saturated carbocycles. The summed E-state index contributed by atoms with van der Waals surface area (Å²) in [5.41, 5.74) is 5.32. The van der Waals surface area contributed by atoms with Crippen molar-refractivity contribution < 1.29 is 4.42 Å². The lowest BCUT2D eigenvalue weighted by Crippen LogP contribution is -1.90. The summed E-state index contributed by atoms with van der Waals surface area (Å²) in [7, 11) is 0. The summed E-state index contributed by atoms with van der Waals surface area (Å²) < 4.78 is 6.03. The van der Waals surface area contributed by atoms with Gasteiger partial charge in [-0.3, -0.25) is 0 Å². The zero-order valence-corrected chi connectivity index (χ0v) is 21.1. The van der Waals surface area contributed by atoms with Gasteiger partial charge in [0.1, 0.15) is 11.2 Å². The number of aryl methyl sites for hydroxylation is 2. The maximum atomic E-state index is 6.03. The van der Waals surface area contributed by atoms with Gasteiger partial charge in [-0.15, -0.1) is 0 Å². The molecule has 1 heteroatoms. The fourth-order valence-corrected chi connectivity index (χ4v) is 5.01. The highest BCUT2D eigenvalue weighted by molar-refractivity contribution is 5.71. The van der Waals surface area contributed by atoms with Crippen molar-refractivity contribution >= 4 is 11.2 Å². The quantitative estimate of drug-likeness (QED) is 0.170. The Kier molecular flexibility index (Phi) is 14.9. The first kappa shape index (κ1) is 26.3. The van der Waals surface area contributed by atoms with Crippen molar-refractivity contribution in [2.45, 2.75) is 155 Å². The number of hydrogen-bond donors (Lipinski definition) is 0. The van der Waals surface area contributed by atoms with Crippen LogP contribution in [0.15, 0.2) is 16.5 Å². The lowest BCUT2D eigenvalue weighted by molar-refractivity contribution is 0.555. The molecule has 0 aliphatic rings. The van der Waals surface area contributed by atoms with Crippen molar-refractivity contribution in [3.8, 4) is 0 Å². The molecule has 0 fully saturated rings. The normalized spacial score (nSPS) is 11.8. The predicted octanol–water partition coefficient (Wildman–Crippen LogP) is 10.8. The summed E-state index contributed by atoms with van der Waals surface area (Å²) in [6.45, 7) is 4.59. The van der Waals surface area contributed by atoms with Gasteiger partial charge in [-0.05, 0) is 48.9 Å². The zero-order valence-electron chi connectivity index (χ0n) is 21.1. The number of furan rings is 2. The van der Waals surface area contributed by atoms with Crippen LogP contribution in [0.5, 0.6) is 0 Å². The van der Waals surface area contributed by atoms with E-state index in [1.165, 1.54) is 158 Å². The summed E-state index contributed by atoms with van der Waals surface area (Å²) in [4.78, 5) is 0. The fourth-order valence-electron chi connectivity index (χ4n) is 5.01. The third-order valence-corrected chi connectivity index (χ3v) is 7.04. The topological polar surface area (TPSA) is 13.1 Å². The van der Waals surface area contributed by atoms with E-state index in [1.807, 2.05) is 0 Å². The Morgan fingerprint density at radius 3 is 1.10 bits per heavy atom. The number of fused-ring (bicyclic) bond motifs is 2. The van der Waals surface area contributed by atoms with E-state index in [0.29, 0.717) is 0 Å². The van der Waals surface area contributed by atoms with Gasteiger partial charge >= 0.3 is 0 Å². The monoisotopic (exact) mass is 428 g/mol. The van der Waals surface area contributed by atoms with Gasteiger partial charge in [0.2, 0.25) is 0 Å². The molecule has 0 atom stereocenters. The average Bonchev–Trinajstić information content (AvgIpc) is 3.36. The van der Waals surface area contributed by atoms with E-state index >= 15 is 0 Å². The molecule has 0 spiro atoms. The fraction of sp³-hybridized carbons (Fsp3) is 0.800. The van der Waals surface area contributed by atoms with Gasteiger partial charge in [0.15, 0.2) is 0 Å². The van der Waals surface area contributed by atoms with Crippen LogP contribution in [-0.2, 0) is 12.8 Å². The second kappa shape index (κ2) is 17.6. The number of unbranched alkanes of at least 4 members (excludes halogenated alkanes) is 18. The lowest BCUT2D eigenvalue weighted by atomic mass is 9.99. The Morgan fingerprint density at radius 1 is 0.452 bits per heavy atom. The molecule has 0 saturated heterocycles. The molecule has 0 aromatic carbocycles. The first-order valence-electron chi connectivity index (χ1n) is 14.2. The second-order valence-electron chi connectivity index (χ2n) is 10.0. The lowest BCUT2D eigenvalue weighted by Gasteiger charge is -2.05. The molecule has 0 aliphatic carbocycles. The van der Waals surface area contributed by atoms with Crippen LogP contribution >= 0.6 is 0 Å². The third-order valence-electron chi connectivity index (χ3n) is 7.04. The highest BCUT2D eigenvalue weighted by Crippen LogP contribution is 2.30. The standard InChI is InChI=1S/C30H52O/c1-3-5-7-9-11-13-15-17-19-21-23-27-25-29-26-28(30(27)31-29)24-22-20-18-16-14-12-10-8-6-4-2/h25-26H,3-24H2,1-2H3. The van der Waals surface area contributed by atoms with E-state index in [1.54, 1.807) is 0 Å². The Balaban J connectivity index is 1.48. The van der Waals surface area contributed by atoms with Crippen molar-refractivity contribution in [3.63, 3.8) is 0 Å². The minimum absolute atomic E-state index is 1.11. The van der Waals surface area contributed by atoms with Crippen LogP contribution in [0.4, 0.5) is 0 Å². The van der Waals surface area contributed by atoms with Crippen LogP contribution < -0.4 is 0 Å². The highest BCUT2D eigenvalue weighted by Gasteiger charge is 2.13. The minimum atomic E-state index is 1.11. The second-order valence-corrected chi connectivity index (χ2v) is 10.0. The van der Waals surface area contributed by atoms with Crippen LogP contribution in [0.25, 0.3) is 11.2 Å². The molecule has 2 aromatic heterocycles. The Bertz CT molecular complexity index is 577. The van der Waals surface area contributed by atoms with E-state index in [0.717, 1.165) is 5.58 Å². The van der Waals surface area contributed by atoms with Gasteiger partial charge in [0.05, 0.1) is 0 Å². The van der Waals surface area contributed by atoms with Crippen molar-refractivity contribution in [2.24, 2.45) is 0 Å². The Hall–Kier alpha value is -0.980. The first-order valence-corrected chi connectivity index (χ1v) is 14.2. The Labute approximate surface area is 194 Å². The molecule has 31 heavy (non-hydrogen) atoms. The van der Waals surface area contributed by atoms with E-state index in [2.05, 4.69) is 26.0 Å². The van der Waals surface area contributed by atoms with Gasteiger partial charge in [0, 0.05) is 0 Å². The first-order chi connectivity index (χ1) is 15.3. The van der Waals surface area contributed by atoms with Gasteiger partial charge in [-0.2, -0.15) is 0 Å². The van der Waals surface area contributed by atoms with Crippen LogP contribution in [0.2, 0.25) is 0 Å². The Morgan fingerprint density at radius 2 is 0.774 bits per heavy atom. The zero-order chi connectivity index (χ0) is 22.0. The van der Waals surface area contributed by atoms with Crippen molar-refractivity contribution in [3.05, 3.63) is 23.3 Å². The van der Waals surface area contributed by atoms with Gasteiger partial charge < -0.3 is 4.42 Å². The summed E-state index contributed by atoms with van der Waals surface area (Å²) in [6.07, 6.45) is 30.6. The summed E-state index contributed by atoms with van der Waals surface area (Å²) >= 11 is 0. The molecule has 2 heterocycles. The molecule has 178 valence electrons. The molecule has 0 N–H and O–H groups in total. The smallest absolute Gasteiger partial charge is 0.134 e. The molecular formula is C30H52O. The van der Waals surface area contributed by atoms with E-state index in [-0.39, 0.29) is 0 Å². The molecule has 0 radical (unpaired) electrons. The molecule has 1 nitrogen and oxygen atoms in total. The van der Waals surface area contributed by atoms with Crippen LogP contribution in [-0.4, -0.2) is 0 Å². The van der Waals surface area contributed by atoms with Crippen LogP contribution in [0, 0.1) is 0 Å². The average molecular weight is 429 g/mol. The van der Waals surface area contributed by atoms with Crippen LogP contribution in [0.3, 0.4) is 0 Å².